The van der Waals surface area contributed by atoms with Gasteiger partial charge in [0.1, 0.15) is 5.75 Å². The van der Waals surface area contributed by atoms with Crippen molar-refractivity contribution in [3.63, 3.8) is 0 Å². The highest BCUT2D eigenvalue weighted by molar-refractivity contribution is 7.99. The summed E-state index contributed by atoms with van der Waals surface area (Å²) in [6.45, 7) is 2.61. The Morgan fingerprint density at radius 1 is 1.26 bits per heavy atom. The standard InChI is InChI=1S/C16H24O2S/c1-2-18-16-11-7-6-10-14(16)15(17)12-19-13-8-4-3-5-9-13/h6-7,10-11,13,15,17H,2-5,8-9,12H2,1H3. The Bertz CT molecular complexity index is 375. The van der Waals surface area contributed by atoms with Crippen molar-refractivity contribution in [3.8, 4) is 5.75 Å². The summed E-state index contributed by atoms with van der Waals surface area (Å²) in [5, 5.41) is 11.1. The fraction of sp³-hybridized carbons (Fsp3) is 0.625. The Kier molecular flexibility index (Phi) is 6.05. The maximum Gasteiger partial charge on any atom is 0.125 e. The van der Waals surface area contributed by atoms with Gasteiger partial charge in [0.2, 0.25) is 0 Å². The molecule has 0 spiro atoms. The molecular weight excluding hydrogens is 256 g/mol. The highest BCUT2D eigenvalue weighted by atomic mass is 32.2. The third kappa shape index (κ3) is 4.43. The molecule has 106 valence electrons. The van der Waals surface area contributed by atoms with Gasteiger partial charge in [0.15, 0.2) is 0 Å². The number of hydrogen-bond donors (Lipinski definition) is 1. The van der Waals surface area contributed by atoms with Crippen LogP contribution in [0.15, 0.2) is 24.3 Å². The first-order chi connectivity index (χ1) is 9.31. The van der Waals surface area contributed by atoms with Crippen molar-refractivity contribution in [2.24, 2.45) is 0 Å². The summed E-state index contributed by atoms with van der Waals surface area (Å²) in [5.41, 5.74) is 0.924. The van der Waals surface area contributed by atoms with E-state index in [1.165, 1.54) is 32.1 Å². The predicted molar refractivity (Wildman–Crippen MR) is 81.9 cm³/mol. The van der Waals surface area contributed by atoms with E-state index < -0.39 is 6.10 Å². The highest BCUT2D eigenvalue weighted by Crippen LogP contribution is 2.33. The summed E-state index contributed by atoms with van der Waals surface area (Å²) >= 11 is 1.92. The summed E-state index contributed by atoms with van der Waals surface area (Å²) in [7, 11) is 0. The molecule has 1 aromatic carbocycles. The maximum absolute atomic E-state index is 10.4. The van der Waals surface area contributed by atoms with Gasteiger partial charge in [-0.2, -0.15) is 11.8 Å². The molecule has 3 heteroatoms. The number of ether oxygens (including phenoxy) is 1. The van der Waals surface area contributed by atoms with Crippen molar-refractivity contribution >= 4 is 11.8 Å². The topological polar surface area (TPSA) is 29.5 Å². The number of benzene rings is 1. The van der Waals surface area contributed by atoms with Gasteiger partial charge in [-0.15, -0.1) is 0 Å². The first-order valence-corrected chi connectivity index (χ1v) is 8.37. The van der Waals surface area contributed by atoms with Crippen LogP contribution < -0.4 is 4.74 Å². The van der Waals surface area contributed by atoms with E-state index in [-0.39, 0.29) is 0 Å². The van der Waals surface area contributed by atoms with Gasteiger partial charge in [-0.05, 0) is 25.8 Å². The molecule has 2 rings (SSSR count). The third-order valence-corrected chi connectivity index (χ3v) is 5.07. The minimum absolute atomic E-state index is 0.422. The fourth-order valence-corrected chi connectivity index (χ4v) is 3.89. The van der Waals surface area contributed by atoms with Crippen LogP contribution in [0.25, 0.3) is 0 Å². The van der Waals surface area contributed by atoms with Gasteiger partial charge in [0.05, 0.1) is 12.7 Å². The smallest absolute Gasteiger partial charge is 0.125 e. The second-order valence-corrected chi connectivity index (χ2v) is 6.41. The average Bonchev–Trinajstić information content (AvgIpc) is 2.47. The van der Waals surface area contributed by atoms with Gasteiger partial charge in [0.25, 0.3) is 0 Å². The van der Waals surface area contributed by atoms with Crippen molar-refractivity contribution in [1.29, 1.82) is 0 Å². The lowest BCUT2D eigenvalue weighted by Crippen LogP contribution is -2.12. The number of rotatable bonds is 6. The van der Waals surface area contributed by atoms with Crippen LogP contribution in [0, 0.1) is 0 Å². The summed E-state index contributed by atoms with van der Waals surface area (Å²) in [5.74, 6) is 1.59. The first kappa shape index (κ1) is 14.7. The van der Waals surface area contributed by atoms with Crippen LogP contribution in [0.4, 0.5) is 0 Å². The molecule has 19 heavy (non-hydrogen) atoms. The largest absolute Gasteiger partial charge is 0.493 e. The molecule has 1 aromatic rings. The molecule has 0 aliphatic heterocycles. The van der Waals surface area contributed by atoms with Gasteiger partial charge < -0.3 is 9.84 Å². The van der Waals surface area contributed by atoms with E-state index in [0.717, 1.165) is 22.3 Å². The number of aliphatic hydroxyl groups is 1. The molecule has 1 aliphatic carbocycles. The molecule has 1 aliphatic rings. The van der Waals surface area contributed by atoms with Crippen LogP contribution >= 0.6 is 11.8 Å². The van der Waals surface area contributed by atoms with Crippen LogP contribution in [0.5, 0.6) is 5.75 Å². The molecule has 0 bridgehead atoms. The van der Waals surface area contributed by atoms with E-state index in [1.54, 1.807) is 0 Å². The van der Waals surface area contributed by atoms with E-state index in [9.17, 15) is 5.11 Å². The fourth-order valence-electron chi connectivity index (χ4n) is 2.59. The molecule has 0 saturated heterocycles. The molecule has 1 unspecified atom stereocenters. The predicted octanol–water partition coefficient (Wildman–Crippen LogP) is 4.18. The van der Waals surface area contributed by atoms with Gasteiger partial charge in [-0.25, -0.2) is 0 Å². The minimum atomic E-state index is -0.422. The van der Waals surface area contributed by atoms with Gasteiger partial charge in [0, 0.05) is 16.6 Å². The van der Waals surface area contributed by atoms with Crippen LogP contribution in [0.1, 0.15) is 50.7 Å². The lowest BCUT2D eigenvalue weighted by Gasteiger charge is -2.23. The van der Waals surface area contributed by atoms with Crippen molar-refractivity contribution < 1.29 is 9.84 Å². The highest BCUT2D eigenvalue weighted by Gasteiger charge is 2.18. The molecule has 1 saturated carbocycles. The van der Waals surface area contributed by atoms with E-state index in [4.69, 9.17) is 4.74 Å². The zero-order valence-electron chi connectivity index (χ0n) is 11.7. The monoisotopic (exact) mass is 280 g/mol. The SMILES string of the molecule is CCOc1ccccc1C(O)CSC1CCCCC1. The van der Waals surface area contributed by atoms with Crippen LogP contribution in [-0.2, 0) is 0 Å². The van der Waals surface area contributed by atoms with Gasteiger partial charge in [-0.1, -0.05) is 37.5 Å². The molecule has 0 heterocycles. The number of para-hydroxylation sites is 1. The molecule has 1 fully saturated rings. The van der Waals surface area contributed by atoms with Crippen molar-refractivity contribution in [3.05, 3.63) is 29.8 Å². The zero-order valence-corrected chi connectivity index (χ0v) is 12.5. The van der Waals surface area contributed by atoms with E-state index >= 15 is 0 Å². The second-order valence-electron chi connectivity index (χ2n) is 5.08. The van der Waals surface area contributed by atoms with E-state index in [1.807, 2.05) is 43.0 Å². The lowest BCUT2D eigenvalue weighted by atomic mass is 10.0. The normalized spacial score (nSPS) is 18.2. The Morgan fingerprint density at radius 2 is 2.00 bits per heavy atom. The molecule has 0 amide bonds. The summed E-state index contributed by atoms with van der Waals surface area (Å²) in [6, 6.07) is 7.83. The van der Waals surface area contributed by atoms with Crippen LogP contribution in [-0.4, -0.2) is 22.7 Å². The van der Waals surface area contributed by atoms with Crippen molar-refractivity contribution in [2.75, 3.05) is 12.4 Å². The summed E-state index contributed by atoms with van der Waals surface area (Å²) in [4.78, 5) is 0. The lowest BCUT2D eigenvalue weighted by molar-refractivity contribution is 0.196. The summed E-state index contributed by atoms with van der Waals surface area (Å²) < 4.78 is 5.58. The number of hydrogen-bond acceptors (Lipinski definition) is 3. The molecule has 1 N–H and O–H groups in total. The molecule has 1 atom stereocenters. The first-order valence-electron chi connectivity index (χ1n) is 7.32. The Hall–Kier alpha value is -0.670. The second kappa shape index (κ2) is 7.81. The third-order valence-electron chi connectivity index (χ3n) is 3.62. The molecule has 0 aromatic heterocycles. The Labute approximate surface area is 120 Å². The van der Waals surface area contributed by atoms with E-state index in [0.29, 0.717) is 6.61 Å². The maximum atomic E-state index is 10.4. The minimum Gasteiger partial charge on any atom is -0.493 e. The molecular formula is C16H24O2S. The molecule has 0 radical (unpaired) electrons. The number of thioether (sulfide) groups is 1. The zero-order chi connectivity index (χ0) is 13.5. The quantitative estimate of drug-likeness (QED) is 0.847. The van der Waals surface area contributed by atoms with Gasteiger partial charge >= 0.3 is 0 Å². The Balaban J connectivity index is 1.89. The summed E-state index contributed by atoms with van der Waals surface area (Å²) in [6.07, 6.45) is 6.28. The van der Waals surface area contributed by atoms with Crippen LogP contribution in [0.2, 0.25) is 0 Å². The van der Waals surface area contributed by atoms with Crippen LogP contribution in [0.3, 0.4) is 0 Å². The van der Waals surface area contributed by atoms with Gasteiger partial charge in [-0.3, -0.25) is 0 Å². The Morgan fingerprint density at radius 3 is 2.74 bits per heavy atom. The number of aliphatic hydroxyl groups excluding tert-OH is 1. The average molecular weight is 280 g/mol. The van der Waals surface area contributed by atoms with E-state index in [2.05, 4.69) is 0 Å². The van der Waals surface area contributed by atoms with Crippen molar-refractivity contribution in [1.82, 2.24) is 0 Å². The molecule has 2 nitrogen and oxygen atoms in total. The van der Waals surface area contributed by atoms with Crippen molar-refractivity contribution in [2.45, 2.75) is 50.4 Å².